The van der Waals surface area contributed by atoms with Crippen molar-refractivity contribution in [2.24, 2.45) is 5.41 Å². The van der Waals surface area contributed by atoms with Gasteiger partial charge in [0, 0.05) is 24.2 Å². The minimum atomic E-state index is 0.618. The average Bonchev–Trinajstić information content (AvgIpc) is 2.08. The van der Waals surface area contributed by atoms with Crippen molar-refractivity contribution in [2.45, 2.75) is 19.3 Å². The molecule has 0 radical (unpaired) electrons. The fourth-order valence-electron chi connectivity index (χ4n) is 1.91. The molecule has 0 atom stereocenters. The highest BCUT2D eigenvalue weighted by Gasteiger charge is 2.36. The second-order valence-corrected chi connectivity index (χ2v) is 5.76. The van der Waals surface area contributed by atoms with Crippen molar-refractivity contribution in [3.63, 3.8) is 0 Å². The van der Waals surface area contributed by atoms with E-state index in [4.69, 9.17) is 0 Å². The summed E-state index contributed by atoms with van der Waals surface area (Å²) in [5.74, 6) is 1.26. The van der Waals surface area contributed by atoms with Gasteiger partial charge in [0.1, 0.15) is 0 Å². The molecule has 0 unspecified atom stereocenters. The number of halogens is 1. The molecular weight excluding hydrogens is 246 g/mol. The van der Waals surface area contributed by atoms with Crippen molar-refractivity contribution < 1.29 is 0 Å². The maximum absolute atomic E-state index is 3.65. The number of alkyl halides is 1. The van der Waals surface area contributed by atoms with Crippen LogP contribution in [0.15, 0.2) is 0 Å². The Balaban J connectivity index is 2.21. The highest BCUT2D eigenvalue weighted by Crippen LogP contribution is 2.42. The summed E-state index contributed by atoms with van der Waals surface area (Å²) in [7, 11) is 2.25. The van der Waals surface area contributed by atoms with Gasteiger partial charge < -0.3 is 4.90 Å². The largest absolute Gasteiger partial charge is 0.305 e. The fourth-order valence-corrected chi connectivity index (χ4v) is 3.14. The van der Waals surface area contributed by atoms with Gasteiger partial charge in [0.05, 0.1) is 0 Å². The Labute approximate surface area is 94.8 Å². The smallest absolute Gasteiger partial charge is 0.0100 e. The number of hydrogen-bond acceptors (Lipinski definition) is 2. The van der Waals surface area contributed by atoms with E-state index in [0.29, 0.717) is 5.41 Å². The molecule has 0 heterocycles. The van der Waals surface area contributed by atoms with Crippen LogP contribution < -0.4 is 0 Å². The third kappa shape index (κ3) is 3.45. The van der Waals surface area contributed by atoms with Gasteiger partial charge in [0.15, 0.2) is 0 Å². The molecule has 13 heavy (non-hydrogen) atoms. The van der Waals surface area contributed by atoms with E-state index in [9.17, 15) is 0 Å². The molecule has 0 amide bonds. The first kappa shape index (κ1) is 11.9. The molecule has 1 fully saturated rings. The maximum Gasteiger partial charge on any atom is 0.0100 e. The van der Waals surface area contributed by atoms with Crippen LogP contribution in [0.25, 0.3) is 0 Å². The Morgan fingerprint density at radius 2 is 2.15 bits per heavy atom. The van der Waals surface area contributed by atoms with Crippen LogP contribution in [0.2, 0.25) is 0 Å². The zero-order chi connectivity index (χ0) is 9.73. The Morgan fingerprint density at radius 3 is 2.54 bits per heavy atom. The molecule has 1 aliphatic rings. The first-order valence-electron chi connectivity index (χ1n) is 4.96. The Hall–Kier alpha value is 0.790. The molecule has 1 nitrogen and oxygen atoms in total. The van der Waals surface area contributed by atoms with Gasteiger partial charge in [-0.3, -0.25) is 0 Å². The van der Waals surface area contributed by atoms with Crippen LogP contribution in [0.5, 0.6) is 0 Å². The molecule has 3 heteroatoms. The summed E-state index contributed by atoms with van der Waals surface area (Å²) in [6.07, 6.45) is 6.45. The average molecular weight is 266 g/mol. The van der Waals surface area contributed by atoms with Crippen molar-refractivity contribution >= 4 is 27.7 Å². The maximum atomic E-state index is 3.65. The van der Waals surface area contributed by atoms with Gasteiger partial charge in [-0.2, -0.15) is 11.8 Å². The van der Waals surface area contributed by atoms with E-state index in [-0.39, 0.29) is 0 Å². The molecule has 0 aliphatic heterocycles. The SMILES string of the molecule is CSCCN(C)CC1(CBr)CCC1. The quantitative estimate of drug-likeness (QED) is 0.680. The fraction of sp³-hybridized carbons (Fsp3) is 1.00. The lowest BCUT2D eigenvalue weighted by atomic mass is 9.70. The molecule has 0 spiro atoms. The van der Waals surface area contributed by atoms with Crippen LogP contribution in [0, 0.1) is 5.41 Å². The van der Waals surface area contributed by atoms with Gasteiger partial charge in [-0.05, 0) is 31.6 Å². The third-order valence-corrected chi connectivity index (χ3v) is 4.76. The van der Waals surface area contributed by atoms with Gasteiger partial charge in [0.2, 0.25) is 0 Å². The molecule has 0 aromatic heterocycles. The van der Waals surface area contributed by atoms with E-state index in [1.54, 1.807) is 0 Å². The summed E-state index contributed by atoms with van der Waals surface area (Å²) in [4.78, 5) is 2.48. The molecule has 0 N–H and O–H groups in total. The highest BCUT2D eigenvalue weighted by molar-refractivity contribution is 9.09. The van der Waals surface area contributed by atoms with Crippen LogP contribution in [0.1, 0.15) is 19.3 Å². The van der Waals surface area contributed by atoms with Gasteiger partial charge in [-0.15, -0.1) is 0 Å². The summed E-state index contributed by atoms with van der Waals surface area (Å²) >= 11 is 5.58. The van der Waals surface area contributed by atoms with E-state index in [1.807, 2.05) is 11.8 Å². The van der Waals surface area contributed by atoms with Crippen molar-refractivity contribution in [1.29, 1.82) is 0 Å². The lowest BCUT2D eigenvalue weighted by Gasteiger charge is -2.43. The molecule has 1 rings (SSSR count). The zero-order valence-electron chi connectivity index (χ0n) is 8.68. The number of rotatable bonds is 6. The van der Waals surface area contributed by atoms with Crippen LogP contribution >= 0.6 is 27.7 Å². The summed E-state index contributed by atoms with van der Waals surface area (Å²) in [6.45, 7) is 2.51. The van der Waals surface area contributed by atoms with Crippen LogP contribution in [0.3, 0.4) is 0 Å². The van der Waals surface area contributed by atoms with E-state index in [1.165, 1.54) is 43.4 Å². The highest BCUT2D eigenvalue weighted by atomic mass is 79.9. The number of hydrogen-bond donors (Lipinski definition) is 0. The topological polar surface area (TPSA) is 3.24 Å². The standard InChI is InChI=1S/C10H20BrNS/c1-12(6-7-13-2)9-10(8-11)4-3-5-10/h3-9H2,1-2H3. The molecule has 0 saturated heterocycles. The van der Waals surface area contributed by atoms with Gasteiger partial charge >= 0.3 is 0 Å². The van der Waals surface area contributed by atoms with Crippen LogP contribution in [-0.4, -0.2) is 42.4 Å². The van der Waals surface area contributed by atoms with Gasteiger partial charge in [-0.1, -0.05) is 22.4 Å². The summed E-state index contributed by atoms with van der Waals surface area (Å²) < 4.78 is 0. The molecule has 1 saturated carbocycles. The molecule has 0 bridgehead atoms. The summed E-state index contributed by atoms with van der Waals surface area (Å²) in [5.41, 5.74) is 0.618. The zero-order valence-corrected chi connectivity index (χ0v) is 11.1. The molecule has 0 aromatic carbocycles. The minimum Gasteiger partial charge on any atom is -0.305 e. The first-order chi connectivity index (χ1) is 6.22. The normalized spacial score (nSPS) is 20.3. The minimum absolute atomic E-state index is 0.618. The molecule has 78 valence electrons. The molecule has 0 aromatic rings. The van der Waals surface area contributed by atoms with E-state index >= 15 is 0 Å². The Kier molecular flexibility index (Phi) is 5.13. The van der Waals surface area contributed by atoms with E-state index in [2.05, 4.69) is 34.1 Å². The first-order valence-corrected chi connectivity index (χ1v) is 7.47. The number of nitrogens with zero attached hydrogens (tertiary/aromatic N) is 1. The molecular formula is C10H20BrNS. The van der Waals surface area contributed by atoms with Gasteiger partial charge in [-0.25, -0.2) is 0 Å². The van der Waals surface area contributed by atoms with Crippen molar-refractivity contribution in [3.05, 3.63) is 0 Å². The van der Waals surface area contributed by atoms with E-state index in [0.717, 1.165) is 0 Å². The van der Waals surface area contributed by atoms with Gasteiger partial charge in [0.25, 0.3) is 0 Å². The second kappa shape index (κ2) is 5.62. The Bertz CT molecular complexity index is 142. The molecule has 1 aliphatic carbocycles. The lowest BCUT2D eigenvalue weighted by Crippen LogP contribution is -2.42. The predicted octanol–water partition coefficient (Wildman–Crippen LogP) is 2.85. The monoisotopic (exact) mass is 265 g/mol. The van der Waals surface area contributed by atoms with E-state index < -0.39 is 0 Å². The van der Waals surface area contributed by atoms with Crippen molar-refractivity contribution in [3.8, 4) is 0 Å². The lowest BCUT2D eigenvalue weighted by molar-refractivity contribution is 0.109. The number of thioether (sulfide) groups is 1. The second-order valence-electron chi connectivity index (χ2n) is 4.22. The predicted molar refractivity (Wildman–Crippen MR) is 66.0 cm³/mol. The van der Waals surface area contributed by atoms with Crippen LogP contribution in [0.4, 0.5) is 0 Å². The Morgan fingerprint density at radius 1 is 1.46 bits per heavy atom. The summed E-state index contributed by atoms with van der Waals surface area (Å²) in [6, 6.07) is 0. The van der Waals surface area contributed by atoms with Crippen molar-refractivity contribution in [2.75, 3.05) is 37.5 Å². The van der Waals surface area contributed by atoms with Crippen LogP contribution in [-0.2, 0) is 0 Å². The van der Waals surface area contributed by atoms with Crippen molar-refractivity contribution in [1.82, 2.24) is 4.90 Å². The third-order valence-electron chi connectivity index (χ3n) is 2.98. The summed E-state index contributed by atoms with van der Waals surface area (Å²) in [5, 5.41) is 1.18.